The van der Waals surface area contributed by atoms with Crippen LogP contribution in [0.3, 0.4) is 0 Å². The van der Waals surface area contributed by atoms with E-state index in [-0.39, 0.29) is 29.9 Å². The molecule has 0 spiro atoms. The number of hydrogen-bond donors (Lipinski definition) is 1. The Labute approximate surface area is 234 Å². The number of aromatic nitrogens is 1. The van der Waals surface area contributed by atoms with Gasteiger partial charge < -0.3 is 20.3 Å². The minimum Gasteiger partial charge on any atom is -0.374 e. The molecule has 1 aliphatic carbocycles. The average Bonchev–Trinajstić information content (AvgIpc) is 3.49. The number of ether oxygens (including phenoxy) is 1. The van der Waals surface area contributed by atoms with Gasteiger partial charge in [-0.3, -0.25) is 14.6 Å². The van der Waals surface area contributed by atoms with Crippen LogP contribution in [0, 0.1) is 5.92 Å². The molecule has 1 unspecified atom stereocenters. The Morgan fingerprint density at radius 2 is 1.82 bits per heavy atom. The maximum Gasteiger partial charge on any atom is 0.229 e. The van der Waals surface area contributed by atoms with Gasteiger partial charge in [0.1, 0.15) is 0 Å². The lowest BCUT2D eigenvalue weighted by Gasteiger charge is -2.44. The van der Waals surface area contributed by atoms with E-state index in [1.54, 1.807) is 12.3 Å². The van der Waals surface area contributed by atoms with E-state index in [9.17, 15) is 9.59 Å². The van der Waals surface area contributed by atoms with E-state index in [2.05, 4.69) is 9.88 Å². The van der Waals surface area contributed by atoms with Crippen LogP contribution < -0.4 is 5.73 Å². The first-order valence-corrected chi connectivity index (χ1v) is 14.5. The van der Waals surface area contributed by atoms with Crippen LogP contribution in [-0.2, 0) is 19.7 Å². The Balaban J connectivity index is 1.30. The molecular formula is C29H36Cl2N4O3. The number of likely N-dealkylation sites (tertiary alicyclic amines) is 1. The third kappa shape index (κ3) is 5.57. The molecule has 1 aromatic carbocycles. The van der Waals surface area contributed by atoms with Crippen molar-refractivity contribution in [2.24, 2.45) is 11.7 Å². The molecule has 7 nitrogen and oxygen atoms in total. The summed E-state index contributed by atoms with van der Waals surface area (Å²) in [6.45, 7) is 3.38. The molecule has 1 saturated carbocycles. The van der Waals surface area contributed by atoms with E-state index >= 15 is 0 Å². The van der Waals surface area contributed by atoms with Gasteiger partial charge in [-0.15, -0.1) is 0 Å². The molecule has 3 heterocycles. The Bertz CT molecular complexity index is 1130. The standard InChI is InChI=1S/C29H36Cl2N4O3/c30-22-9-8-21(19-23(22)31)26-24(38-18-17-35(26)27(36)20-5-1-2-6-20)10-14-34-15-11-29(12-16-34,28(32)37)25-7-3-4-13-33-25/h3-4,7-9,13,19-20,24,26H,1-2,5-6,10-12,14-18H2,(H2,32,37)/t24-,26?/m1/s1. The predicted octanol–water partition coefficient (Wildman–Crippen LogP) is 4.76. The number of halogens is 2. The Morgan fingerprint density at radius 1 is 1.05 bits per heavy atom. The maximum absolute atomic E-state index is 13.6. The highest BCUT2D eigenvalue weighted by atomic mass is 35.5. The van der Waals surface area contributed by atoms with Crippen LogP contribution in [0.25, 0.3) is 0 Å². The maximum atomic E-state index is 13.6. The van der Waals surface area contributed by atoms with Gasteiger partial charge in [0.05, 0.1) is 39.9 Å². The van der Waals surface area contributed by atoms with Crippen molar-refractivity contribution in [1.29, 1.82) is 0 Å². The van der Waals surface area contributed by atoms with E-state index in [0.717, 1.165) is 63.0 Å². The Morgan fingerprint density at radius 3 is 2.47 bits per heavy atom. The molecule has 3 fully saturated rings. The molecule has 2 N–H and O–H groups in total. The van der Waals surface area contributed by atoms with Crippen LogP contribution >= 0.6 is 23.2 Å². The first kappa shape index (κ1) is 27.4. The Kier molecular flexibility index (Phi) is 8.58. The lowest BCUT2D eigenvalue weighted by molar-refractivity contribution is -0.152. The number of nitrogens with zero attached hydrogens (tertiary/aromatic N) is 3. The van der Waals surface area contributed by atoms with Crippen LogP contribution in [0.5, 0.6) is 0 Å². The fraction of sp³-hybridized carbons (Fsp3) is 0.552. The third-order valence-corrected chi connectivity index (χ3v) is 9.43. The third-order valence-electron chi connectivity index (χ3n) is 8.69. The van der Waals surface area contributed by atoms with Gasteiger partial charge in [-0.2, -0.15) is 0 Å². The van der Waals surface area contributed by atoms with Crippen LogP contribution in [0.1, 0.15) is 62.2 Å². The summed E-state index contributed by atoms with van der Waals surface area (Å²) in [5.41, 5.74) is 6.87. The smallest absolute Gasteiger partial charge is 0.229 e. The normalized spacial score (nSPS) is 24.4. The van der Waals surface area contributed by atoms with Crippen molar-refractivity contribution < 1.29 is 14.3 Å². The number of carbonyl (C=O) groups excluding carboxylic acids is 2. The SMILES string of the molecule is NC(=O)C1(c2ccccn2)CCN(CC[C@H]2OCCN(C(=O)C3CCCC3)C2c2ccc(Cl)c(Cl)c2)CC1. The monoisotopic (exact) mass is 558 g/mol. The second-order valence-electron chi connectivity index (χ2n) is 10.8. The van der Waals surface area contributed by atoms with Gasteiger partial charge in [0.2, 0.25) is 11.8 Å². The van der Waals surface area contributed by atoms with E-state index in [4.69, 9.17) is 33.7 Å². The topological polar surface area (TPSA) is 88.8 Å². The van der Waals surface area contributed by atoms with Crippen LogP contribution in [-0.4, -0.2) is 65.5 Å². The van der Waals surface area contributed by atoms with Crippen molar-refractivity contribution in [3.8, 4) is 0 Å². The molecule has 204 valence electrons. The minimum absolute atomic E-state index is 0.0923. The molecule has 5 rings (SSSR count). The van der Waals surface area contributed by atoms with Crippen LogP contribution in [0.2, 0.25) is 10.0 Å². The fourth-order valence-corrected chi connectivity index (χ4v) is 6.77. The van der Waals surface area contributed by atoms with Gasteiger partial charge >= 0.3 is 0 Å². The first-order valence-electron chi connectivity index (χ1n) is 13.7. The van der Waals surface area contributed by atoms with Gasteiger partial charge in [0.15, 0.2) is 0 Å². The van der Waals surface area contributed by atoms with Gasteiger partial charge in [0.25, 0.3) is 0 Å². The highest BCUT2D eigenvalue weighted by molar-refractivity contribution is 6.42. The zero-order valence-corrected chi connectivity index (χ0v) is 23.2. The van der Waals surface area contributed by atoms with Crippen LogP contribution in [0.15, 0.2) is 42.6 Å². The summed E-state index contributed by atoms with van der Waals surface area (Å²) in [6.07, 6.45) is 7.72. The molecule has 2 saturated heterocycles. The fourth-order valence-electron chi connectivity index (χ4n) is 6.46. The minimum atomic E-state index is -0.730. The van der Waals surface area contributed by atoms with E-state index < -0.39 is 5.41 Å². The summed E-state index contributed by atoms with van der Waals surface area (Å²) in [6, 6.07) is 11.1. The van der Waals surface area contributed by atoms with Crippen molar-refractivity contribution in [2.45, 2.75) is 62.5 Å². The summed E-state index contributed by atoms with van der Waals surface area (Å²) in [5.74, 6) is 0.00768. The van der Waals surface area contributed by atoms with E-state index in [0.29, 0.717) is 36.0 Å². The summed E-state index contributed by atoms with van der Waals surface area (Å²) >= 11 is 12.6. The number of morpholine rings is 1. The summed E-state index contributed by atoms with van der Waals surface area (Å²) < 4.78 is 6.32. The molecule has 1 aromatic heterocycles. The molecular weight excluding hydrogens is 523 g/mol. The second kappa shape index (κ2) is 11.9. The number of amides is 2. The number of rotatable bonds is 7. The highest BCUT2D eigenvalue weighted by Gasteiger charge is 2.43. The molecule has 0 bridgehead atoms. The number of pyridine rings is 1. The van der Waals surface area contributed by atoms with E-state index in [1.165, 1.54) is 0 Å². The largest absolute Gasteiger partial charge is 0.374 e. The zero-order chi connectivity index (χ0) is 26.7. The average molecular weight is 560 g/mol. The molecule has 2 aromatic rings. The van der Waals surface area contributed by atoms with Gasteiger partial charge in [-0.1, -0.05) is 48.2 Å². The predicted molar refractivity (Wildman–Crippen MR) is 148 cm³/mol. The van der Waals surface area contributed by atoms with Gasteiger partial charge in [0, 0.05) is 25.2 Å². The number of primary amides is 1. The number of carbonyl (C=O) groups is 2. The lowest BCUT2D eigenvalue weighted by Crippen LogP contribution is -2.52. The van der Waals surface area contributed by atoms with Crippen molar-refractivity contribution in [3.05, 3.63) is 63.9 Å². The number of hydrogen-bond acceptors (Lipinski definition) is 5. The van der Waals surface area contributed by atoms with Gasteiger partial charge in [-0.05, 0) is 75.0 Å². The number of nitrogens with two attached hydrogens (primary N) is 1. The van der Waals surface area contributed by atoms with Crippen molar-refractivity contribution in [3.63, 3.8) is 0 Å². The molecule has 0 radical (unpaired) electrons. The summed E-state index contributed by atoms with van der Waals surface area (Å²) in [5, 5.41) is 0.978. The molecule has 2 amide bonds. The van der Waals surface area contributed by atoms with Gasteiger partial charge in [-0.25, -0.2) is 0 Å². The molecule has 3 aliphatic rings. The molecule has 2 atom stereocenters. The van der Waals surface area contributed by atoms with Crippen molar-refractivity contribution in [2.75, 3.05) is 32.8 Å². The molecule has 9 heteroatoms. The quantitative estimate of drug-likeness (QED) is 0.529. The number of benzene rings is 1. The molecule has 2 aliphatic heterocycles. The summed E-state index contributed by atoms with van der Waals surface area (Å²) in [4.78, 5) is 35.0. The van der Waals surface area contributed by atoms with Crippen molar-refractivity contribution in [1.82, 2.24) is 14.8 Å². The molecule has 38 heavy (non-hydrogen) atoms. The lowest BCUT2D eigenvalue weighted by atomic mass is 9.74. The number of piperidine rings is 1. The van der Waals surface area contributed by atoms with Crippen LogP contribution in [0.4, 0.5) is 0 Å². The first-order chi connectivity index (χ1) is 18.4. The van der Waals surface area contributed by atoms with Crippen molar-refractivity contribution >= 4 is 35.0 Å². The summed E-state index contributed by atoms with van der Waals surface area (Å²) in [7, 11) is 0. The Hall–Kier alpha value is -2.19. The van der Waals surface area contributed by atoms with E-state index in [1.807, 2.05) is 35.2 Å². The highest BCUT2D eigenvalue weighted by Crippen LogP contribution is 2.39. The second-order valence-corrected chi connectivity index (χ2v) is 11.6. The zero-order valence-electron chi connectivity index (χ0n) is 21.7.